The minimum absolute atomic E-state index is 0.413. The van der Waals surface area contributed by atoms with Gasteiger partial charge in [-0.25, -0.2) is 0 Å². The lowest BCUT2D eigenvalue weighted by Crippen LogP contribution is -2.39. The van der Waals surface area contributed by atoms with E-state index < -0.39 is 0 Å². The summed E-state index contributed by atoms with van der Waals surface area (Å²) in [6.07, 6.45) is 1.34. The Morgan fingerprint density at radius 2 is 0.762 bits per heavy atom. The molecular weight excluding hydrogens is 252 g/mol. The predicted molar refractivity (Wildman–Crippen MR) is 94.2 cm³/mol. The maximum atomic E-state index is 2.55. The molecule has 0 aromatic rings. The zero-order valence-corrected chi connectivity index (χ0v) is 16.0. The first-order valence-electron chi connectivity index (χ1n) is 8.83. The third kappa shape index (κ3) is 2.08. The molecule has 0 aromatic carbocycles. The molecule has 0 amide bonds. The molecule has 0 N–H and O–H groups in total. The predicted octanol–water partition coefficient (Wildman–Crippen LogP) is 6.63. The van der Waals surface area contributed by atoms with Crippen molar-refractivity contribution >= 4 is 0 Å². The molecule has 2 rings (SSSR count). The van der Waals surface area contributed by atoms with Crippen molar-refractivity contribution < 1.29 is 0 Å². The van der Waals surface area contributed by atoms with Gasteiger partial charge >= 0.3 is 0 Å². The maximum absolute atomic E-state index is 2.55. The first kappa shape index (κ1) is 16.8. The van der Waals surface area contributed by atoms with Crippen molar-refractivity contribution in [1.82, 2.24) is 0 Å². The third-order valence-electron chi connectivity index (χ3n) is 8.56. The van der Waals surface area contributed by atoms with Gasteiger partial charge in [0.2, 0.25) is 0 Å². The number of hydrogen-bond acceptors (Lipinski definition) is 0. The van der Waals surface area contributed by atoms with Crippen molar-refractivity contribution in [3.63, 3.8) is 0 Å². The molecule has 0 bridgehead atoms. The highest BCUT2D eigenvalue weighted by atomic mass is 14.6. The second-order valence-electron chi connectivity index (χ2n) is 8.81. The van der Waals surface area contributed by atoms with Gasteiger partial charge in [0.05, 0.1) is 0 Å². The molecule has 0 heteroatoms. The Kier molecular flexibility index (Phi) is 4.01. The zero-order chi connectivity index (χ0) is 16.3. The summed E-state index contributed by atoms with van der Waals surface area (Å²) in [4.78, 5) is 0. The van der Waals surface area contributed by atoms with Crippen LogP contribution in [0.4, 0.5) is 0 Å². The van der Waals surface area contributed by atoms with E-state index in [2.05, 4.69) is 69.2 Å². The van der Waals surface area contributed by atoms with Crippen LogP contribution in [0.2, 0.25) is 0 Å². The Morgan fingerprint density at radius 1 is 0.571 bits per heavy atom. The summed E-state index contributed by atoms with van der Waals surface area (Å²) in [5, 5.41) is 0. The SMILES string of the molecule is CC1=C(C)C(C)C(C)(CC2(C)C(C)C(C)=C(C)C2C)C1C. The Bertz CT molecular complexity index is 420. The monoisotopic (exact) mass is 288 g/mol. The standard InChI is InChI=1S/C21H36/c1-12-13(2)17(6)20(9,16(12)5)11-21(10)18(7)14(3)15(4)19(21)8/h16-19H,11H2,1-10H3. The zero-order valence-electron chi connectivity index (χ0n) is 16.0. The van der Waals surface area contributed by atoms with Crippen molar-refractivity contribution in [2.45, 2.75) is 75.7 Å². The van der Waals surface area contributed by atoms with Gasteiger partial charge in [0.1, 0.15) is 0 Å². The Morgan fingerprint density at radius 3 is 0.952 bits per heavy atom. The number of rotatable bonds is 2. The van der Waals surface area contributed by atoms with Gasteiger partial charge in [0.15, 0.2) is 0 Å². The molecule has 0 fully saturated rings. The topological polar surface area (TPSA) is 0 Å². The number of allylic oxidation sites excluding steroid dienone is 4. The largest absolute Gasteiger partial charge is 0.0707 e. The number of hydrogen-bond donors (Lipinski definition) is 0. The summed E-state index contributed by atoms with van der Waals surface area (Å²) in [5.74, 6) is 2.85. The fourth-order valence-corrected chi connectivity index (χ4v) is 5.53. The third-order valence-corrected chi connectivity index (χ3v) is 8.56. The van der Waals surface area contributed by atoms with E-state index in [1.165, 1.54) is 6.42 Å². The van der Waals surface area contributed by atoms with Crippen molar-refractivity contribution in [3.8, 4) is 0 Å². The fraction of sp³-hybridized carbons (Fsp3) is 0.810. The summed E-state index contributed by atoms with van der Waals surface area (Å²) in [6, 6.07) is 0. The maximum Gasteiger partial charge on any atom is -0.0172 e. The molecule has 0 heterocycles. The molecule has 4 atom stereocenters. The highest BCUT2D eigenvalue weighted by molar-refractivity contribution is 5.31. The average molecular weight is 289 g/mol. The van der Waals surface area contributed by atoms with E-state index >= 15 is 0 Å². The first-order valence-corrected chi connectivity index (χ1v) is 8.83. The molecule has 0 saturated heterocycles. The van der Waals surface area contributed by atoms with Crippen molar-refractivity contribution in [2.24, 2.45) is 34.5 Å². The van der Waals surface area contributed by atoms with Gasteiger partial charge < -0.3 is 0 Å². The minimum Gasteiger partial charge on any atom is -0.0707 e. The molecule has 2 aliphatic carbocycles. The molecular formula is C21H36. The lowest BCUT2D eigenvalue weighted by Gasteiger charge is -2.46. The van der Waals surface area contributed by atoms with Gasteiger partial charge in [0, 0.05) is 0 Å². The van der Waals surface area contributed by atoms with Gasteiger partial charge in [-0.3, -0.25) is 0 Å². The van der Waals surface area contributed by atoms with Crippen LogP contribution in [0, 0.1) is 34.5 Å². The summed E-state index contributed by atoms with van der Waals surface area (Å²) in [6.45, 7) is 24.4. The summed E-state index contributed by atoms with van der Waals surface area (Å²) in [5.41, 5.74) is 7.41. The average Bonchev–Trinajstić information content (AvgIpc) is 2.67. The molecule has 0 aliphatic heterocycles. The van der Waals surface area contributed by atoms with Crippen LogP contribution in [0.5, 0.6) is 0 Å². The molecule has 120 valence electrons. The van der Waals surface area contributed by atoms with Gasteiger partial charge in [-0.15, -0.1) is 0 Å². The van der Waals surface area contributed by atoms with Crippen LogP contribution in [0.1, 0.15) is 75.7 Å². The highest BCUT2D eigenvalue weighted by Crippen LogP contribution is 2.62. The van der Waals surface area contributed by atoms with Gasteiger partial charge in [-0.05, 0) is 68.6 Å². The van der Waals surface area contributed by atoms with Gasteiger partial charge in [-0.2, -0.15) is 0 Å². The van der Waals surface area contributed by atoms with E-state index in [1.54, 1.807) is 22.3 Å². The summed E-state index contributed by atoms with van der Waals surface area (Å²) < 4.78 is 0. The van der Waals surface area contributed by atoms with Gasteiger partial charge in [0.25, 0.3) is 0 Å². The van der Waals surface area contributed by atoms with E-state index in [1.807, 2.05) is 0 Å². The molecule has 2 aliphatic rings. The molecule has 0 saturated carbocycles. The Balaban J connectivity index is 2.35. The molecule has 21 heavy (non-hydrogen) atoms. The molecule has 0 aromatic heterocycles. The van der Waals surface area contributed by atoms with Crippen LogP contribution in [0.3, 0.4) is 0 Å². The van der Waals surface area contributed by atoms with Crippen LogP contribution in [-0.2, 0) is 0 Å². The Hall–Kier alpha value is -0.520. The molecule has 0 radical (unpaired) electrons. The van der Waals surface area contributed by atoms with E-state index in [4.69, 9.17) is 0 Å². The van der Waals surface area contributed by atoms with E-state index in [0.29, 0.717) is 34.5 Å². The van der Waals surface area contributed by atoms with Crippen LogP contribution in [0.25, 0.3) is 0 Å². The quantitative estimate of drug-likeness (QED) is 0.500. The van der Waals surface area contributed by atoms with Crippen LogP contribution in [-0.4, -0.2) is 0 Å². The molecule has 4 unspecified atom stereocenters. The van der Waals surface area contributed by atoms with Crippen molar-refractivity contribution in [3.05, 3.63) is 22.3 Å². The van der Waals surface area contributed by atoms with E-state index in [0.717, 1.165) is 0 Å². The summed E-state index contributed by atoms with van der Waals surface area (Å²) >= 11 is 0. The lowest BCUT2D eigenvalue weighted by molar-refractivity contribution is 0.0473. The smallest absolute Gasteiger partial charge is 0.0172 e. The van der Waals surface area contributed by atoms with Crippen LogP contribution < -0.4 is 0 Å². The second-order valence-corrected chi connectivity index (χ2v) is 8.81. The molecule has 0 nitrogen and oxygen atoms in total. The van der Waals surface area contributed by atoms with E-state index in [-0.39, 0.29) is 0 Å². The Labute approximate surface area is 133 Å². The van der Waals surface area contributed by atoms with E-state index in [9.17, 15) is 0 Å². The first-order chi connectivity index (χ1) is 9.48. The van der Waals surface area contributed by atoms with Crippen molar-refractivity contribution in [1.29, 1.82) is 0 Å². The minimum atomic E-state index is 0.413. The normalized spacial score (nSPS) is 47.7. The summed E-state index contributed by atoms with van der Waals surface area (Å²) in [7, 11) is 0. The van der Waals surface area contributed by atoms with Crippen molar-refractivity contribution in [2.75, 3.05) is 0 Å². The van der Waals surface area contributed by atoms with Gasteiger partial charge in [-0.1, -0.05) is 63.8 Å². The van der Waals surface area contributed by atoms with Crippen LogP contribution in [0.15, 0.2) is 22.3 Å². The second kappa shape index (κ2) is 5.00. The highest BCUT2D eigenvalue weighted by Gasteiger charge is 2.53. The lowest BCUT2D eigenvalue weighted by atomic mass is 9.58. The van der Waals surface area contributed by atoms with Crippen LogP contribution >= 0.6 is 0 Å². The fourth-order valence-electron chi connectivity index (χ4n) is 5.53. The molecule has 0 spiro atoms.